The lowest BCUT2D eigenvalue weighted by Crippen LogP contribution is -2.57. The molecular formula is C20H41IN6O. The van der Waals surface area contributed by atoms with Gasteiger partial charge >= 0.3 is 0 Å². The van der Waals surface area contributed by atoms with Crippen molar-refractivity contribution in [2.45, 2.75) is 52.6 Å². The Bertz CT molecular complexity index is 487. The summed E-state index contributed by atoms with van der Waals surface area (Å²) >= 11 is 0. The maximum absolute atomic E-state index is 12.6. The van der Waals surface area contributed by atoms with Crippen molar-refractivity contribution in [3.8, 4) is 0 Å². The second kappa shape index (κ2) is 12.8. The number of halogens is 1. The minimum absolute atomic E-state index is 0. The number of likely N-dealkylation sites (tertiary alicyclic amines) is 1. The molecule has 8 heteroatoms. The summed E-state index contributed by atoms with van der Waals surface area (Å²) in [5, 5.41) is 3.51. The highest BCUT2D eigenvalue weighted by Crippen LogP contribution is 2.14. The van der Waals surface area contributed by atoms with Crippen molar-refractivity contribution in [2.24, 2.45) is 4.99 Å². The first kappa shape index (κ1) is 25.4. The monoisotopic (exact) mass is 508 g/mol. The Morgan fingerprint density at radius 3 is 2.14 bits per heavy atom. The van der Waals surface area contributed by atoms with Crippen LogP contribution in [0.1, 0.15) is 40.5 Å². The van der Waals surface area contributed by atoms with Gasteiger partial charge in [0.05, 0.1) is 6.04 Å². The third kappa shape index (κ3) is 7.02. The quantitative estimate of drug-likeness (QED) is 0.321. The lowest BCUT2D eigenvalue weighted by atomic mass is 10.2. The van der Waals surface area contributed by atoms with Crippen LogP contribution in [0.3, 0.4) is 0 Å². The lowest BCUT2D eigenvalue weighted by molar-refractivity contribution is -0.135. The van der Waals surface area contributed by atoms with Crippen molar-refractivity contribution in [2.75, 3.05) is 66.0 Å². The maximum atomic E-state index is 12.6. The second-order valence-electron chi connectivity index (χ2n) is 7.93. The zero-order valence-electron chi connectivity index (χ0n) is 18.5. The molecule has 0 saturated carbocycles. The topological polar surface area (TPSA) is 54.4 Å². The number of amides is 1. The minimum atomic E-state index is -0.00983. The molecule has 2 aliphatic heterocycles. The average Bonchev–Trinajstić information content (AvgIpc) is 3.22. The van der Waals surface area contributed by atoms with Crippen LogP contribution in [-0.4, -0.2) is 110 Å². The van der Waals surface area contributed by atoms with Gasteiger partial charge in [-0.3, -0.25) is 19.6 Å². The molecule has 0 aliphatic carbocycles. The van der Waals surface area contributed by atoms with Crippen LogP contribution < -0.4 is 5.32 Å². The molecule has 0 aromatic rings. The van der Waals surface area contributed by atoms with Crippen LogP contribution in [0.25, 0.3) is 0 Å². The van der Waals surface area contributed by atoms with E-state index in [0.717, 1.165) is 77.7 Å². The van der Waals surface area contributed by atoms with Crippen LogP contribution in [0, 0.1) is 0 Å². The molecule has 2 saturated heterocycles. The fourth-order valence-corrected chi connectivity index (χ4v) is 4.10. The standard InChI is InChI=1S/C20H40N6O.HI/c1-6-23(17(2)3)12-9-22-20(21-5)26-15-13-24(14-16-26)18(4)19(27)25-10-7-8-11-25;/h17-18H,6-16H2,1-5H3,(H,21,22);1H. The summed E-state index contributed by atoms with van der Waals surface area (Å²) in [4.78, 5) is 26.2. The SMILES string of the molecule is CCN(CCNC(=NC)N1CCN(C(C)C(=O)N2CCCC2)CC1)C(C)C.I. The molecule has 0 aromatic carbocycles. The average molecular weight is 508 g/mol. The van der Waals surface area contributed by atoms with Crippen LogP contribution in [0.15, 0.2) is 4.99 Å². The Kier molecular flexibility index (Phi) is 11.7. The van der Waals surface area contributed by atoms with E-state index in [1.807, 2.05) is 11.9 Å². The third-order valence-corrected chi connectivity index (χ3v) is 5.97. The van der Waals surface area contributed by atoms with Crippen LogP contribution in [0.2, 0.25) is 0 Å². The highest BCUT2D eigenvalue weighted by Gasteiger charge is 2.30. The third-order valence-electron chi connectivity index (χ3n) is 5.97. The van der Waals surface area contributed by atoms with Gasteiger partial charge in [-0.15, -0.1) is 24.0 Å². The molecule has 0 aromatic heterocycles. The minimum Gasteiger partial charge on any atom is -0.355 e. The van der Waals surface area contributed by atoms with E-state index in [0.29, 0.717) is 11.9 Å². The van der Waals surface area contributed by atoms with Gasteiger partial charge in [0.2, 0.25) is 5.91 Å². The van der Waals surface area contributed by atoms with Crippen molar-refractivity contribution >= 4 is 35.8 Å². The summed E-state index contributed by atoms with van der Waals surface area (Å²) < 4.78 is 0. The molecule has 1 atom stereocenters. The summed E-state index contributed by atoms with van der Waals surface area (Å²) in [6.07, 6.45) is 2.31. The Balaban J connectivity index is 0.00000392. The van der Waals surface area contributed by atoms with Gasteiger partial charge in [0, 0.05) is 65.4 Å². The first-order valence-electron chi connectivity index (χ1n) is 10.7. The summed E-state index contributed by atoms with van der Waals surface area (Å²) in [5.41, 5.74) is 0. The fraction of sp³-hybridized carbons (Fsp3) is 0.900. The van der Waals surface area contributed by atoms with Gasteiger partial charge in [0.15, 0.2) is 5.96 Å². The molecule has 2 rings (SSSR count). The van der Waals surface area contributed by atoms with E-state index < -0.39 is 0 Å². The van der Waals surface area contributed by atoms with Gasteiger partial charge in [-0.25, -0.2) is 0 Å². The maximum Gasteiger partial charge on any atom is 0.239 e. The van der Waals surface area contributed by atoms with Crippen molar-refractivity contribution in [1.29, 1.82) is 0 Å². The van der Waals surface area contributed by atoms with Gasteiger partial charge in [0.1, 0.15) is 0 Å². The molecule has 164 valence electrons. The highest BCUT2D eigenvalue weighted by molar-refractivity contribution is 14.0. The molecule has 2 aliphatic rings. The lowest BCUT2D eigenvalue weighted by Gasteiger charge is -2.39. The zero-order chi connectivity index (χ0) is 19.8. The van der Waals surface area contributed by atoms with Crippen LogP contribution >= 0.6 is 24.0 Å². The smallest absolute Gasteiger partial charge is 0.239 e. The molecule has 0 radical (unpaired) electrons. The Morgan fingerprint density at radius 1 is 1.04 bits per heavy atom. The van der Waals surface area contributed by atoms with E-state index in [2.05, 4.69) is 52.7 Å². The summed E-state index contributed by atoms with van der Waals surface area (Å²) in [5.74, 6) is 1.28. The molecule has 1 amide bonds. The largest absolute Gasteiger partial charge is 0.355 e. The molecule has 0 spiro atoms. The van der Waals surface area contributed by atoms with Crippen LogP contribution in [-0.2, 0) is 4.79 Å². The number of hydrogen-bond donors (Lipinski definition) is 1. The van der Waals surface area contributed by atoms with Crippen molar-refractivity contribution < 1.29 is 4.79 Å². The number of guanidine groups is 1. The molecule has 2 fully saturated rings. The summed E-state index contributed by atoms with van der Waals surface area (Å²) in [7, 11) is 1.86. The van der Waals surface area contributed by atoms with Crippen molar-refractivity contribution in [3.63, 3.8) is 0 Å². The number of rotatable bonds is 7. The Labute approximate surface area is 188 Å². The number of piperazine rings is 1. The molecule has 7 nitrogen and oxygen atoms in total. The van der Waals surface area contributed by atoms with Gasteiger partial charge in [-0.1, -0.05) is 6.92 Å². The molecule has 1 N–H and O–H groups in total. The van der Waals surface area contributed by atoms with E-state index in [-0.39, 0.29) is 30.0 Å². The number of carbonyl (C=O) groups excluding carboxylic acids is 1. The first-order valence-corrected chi connectivity index (χ1v) is 10.7. The predicted octanol–water partition coefficient (Wildman–Crippen LogP) is 1.54. The molecule has 0 bridgehead atoms. The molecular weight excluding hydrogens is 467 g/mol. The predicted molar refractivity (Wildman–Crippen MR) is 128 cm³/mol. The van der Waals surface area contributed by atoms with Crippen LogP contribution in [0.4, 0.5) is 0 Å². The van der Waals surface area contributed by atoms with E-state index >= 15 is 0 Å². The van der Waals surface area contributed by atoms with Crippen molar-refractivity contribution in [1.82, 2.24) is 24.9 Å². The Morgan fingerprint density at radius 2 is 1.64 bits per heavy atom. The normalized spacial score (nSPS) is 19.9. The van der Waals surface area contributed by atoms with Gasteiger partial charge in [-0.2, -0.15) is 0 Å². The van der Waals surface area contributed by atoms with Crippen molar-refractivity contribution in [3.05, 3.63) is 0 Å². The zero-order valence-corrected chi connectivity index (χ0v) is 20.8. The number of aliphatic imine (C=N–C) groups is 1. The summed E-state index contributed by atoms with van der Waals surface area (Å²) in [6, 6.07) is 0.557. The van der Waals surface area contributed by atoms with E-state index in [4.69, 9.17) is 0 Å². The molecule has 1 unspecified atom stereocenters. The van der Waals surface area contributed by atoms with E-state index in [1.165, 1.54) is 0 Å². The number of likely N-dealkylation sites (N-methyl/N-ethyl adjacent to an activating group) is 1. The van der Waals surface area contributed by atoms with Gasteiger partial charge in [0.25, 0.3) is 0 Å². The number of carbonyl (C=O) groups is 1. The van der Waals surface area contributed by atoms with E-state index in [9.17, 15) is 4.79 Å². The van der Waals surface area contributed by atoms with Crippen LogP contribution in [0.5, 0.6) is 0 Å². The van der Waals surface area contributed by atoms with Gasteiger partial charge < -0.3 is 15.1 Å². The first-order chi connectivity index (χ1) is 13.0. The molecule has 2 heterocycles. The van der Waals surface area contributed by atoms with E-state index in [1.54, 1.807) is 0 Å². The highest BCUT2D eigenvalue weighted by atomic mass is 127. The fourth-order valence-electron chi connectivity index (χ4n) is 4.10. The van der Waals surface area contributed by atoms with Gasteiger partial charge in [-0.05, 0) is 40.2 Å². The Hall–Kier alpha value is -0.610. The number of nitrogens with one attached hydrogen (secondary N) is 1. The number of hydrogen-bond acceptors (Lipinski definition) is 4. The number of nitrogens with zero attached hydrogens (tertiary/aromatic N) is 5. The summed E-state index contributed by atoms with van der Waals surface area (Å²) in [6.45, 7) is 17.3. The molecule has 28 heavy (non-hydrogen) atoms. The second-order valence-corrected chi connectivity index (χ2v) is 7.93.